The molecule has 0 amide bonds. The minimum Gasteiger partial charge on any atom is -0.487 e. The normalized spacial score (nSPS) is 20.1. The third kappa shape index (κ3) is 8.69. The number of nitrogens with two attached hydrogens (primary N) is 1. The molecule has 1 aliphatic heterocycles. The highest BCUT2D eigenvalue weighted by Crippen LogP contribution is 2.35. The van der Waals surface area contributed by atoms with Gasteiger partial charge in [-0.25, -0.2) is 9.97 Å². The highest BCUT2D eigenvalue weighted by atomic mass is 16.5. The van der Waals surface area contributed by atoms with Gasteiger partial charge in [-0.05, 0) is 64.2 Å². The SMILES string of the molecule is C[C@@H](CN=CN)Oc1cc(-c2cnc(Nc3cn(C4CCC(N5CCOCC5)CC4)nc3OCC(C)(C)O)nc2)ccc1C#N. The van der Waals surface area contributed by atoms with Gasteiger partial charge in [0, 0.05) is 37.1 Å². The summed E-state index contributed by atoms with van der Waals surface area (Å²) in [6.07, 6.45) is 10.6. The second-order valence-corrected chi connectivity index (χ2v) is 12.2. The molecule has 4 N–H and O–H groups in total. The summed E-state index contributed by atoms with van der Waals surface area (Å²) < 4.78 is 19.4. The molecule has 3 heterocycles. The van der Waals surface area contributed by atoms with Gasteiger partial charge >= 0.3 is 0 Å². The molecule has 2 aromatic heterocycles. The molecule has 0 bridgehead atoms. The Balaban J connectivity index is 1.29. The van der Waals surface area contributed by atoms with E-state index in [0.29, 0.717) is 41.4 Å². The van der Waals surface area contributed by atoms with E-state index in [4.69, 9.17) is 25.0 Å². The van der Waals surface area contributed by atoms with Crippen molar-refractivity contribution in [2.45, 2.75) is 70.2 Å². The van der Waals surface area contributed by atoms with Gasteiger partial charge in [-0.3, -0.25) is 14.6 Å². The van der Waals surface area contributed by atoms with Gasteiger partial charge in [0.1, 0.15) is 30.2 Å². The fourth-order valence-corrected chi connectivity index (χ4v) is 5.65. The van der Waals surface area contributed by atoms with Crippen molar-refractivity contribution in [1.82, 2.24) is 24.6 Å². The number of hydrogen-bond donors (Lipinski definition) is 3. The summed E-state index contributed by atoms with van der Waals surface area (Å²) in [7, 11) is 0. The smallest absolute Gasteiger partial charge is 0.257 e. The Morgan fingerprint density at radius 2 is 1.89 bits per heavy atom. The molecule has 5 rings (SSSR count). The number of aliphatic imine (C=N–C) groups is 1. The second-order valence-electron chi connectivity index (χ2n) is 12.2. The van der Waals surface area contributed by atoms with Crippen LogP contribution in [0.5, 0.6) is 11.6 Å². The van der Waals surface area contributed by atoms with Gasteiger partial charge in [-0.2, -0.15) is 5.26 Å². The van der Waals surface area contributed by atoms with E-state index in [9.17, 15) is 10.4 Å². The number of aromatic nitrogens is 4. The summed E-state index contributed by atoms with van der Waals surface area (Å²) in [5.41, 5.74) is 6.94. The summed E-state index contributed by atoms with van der Waals surface area (Å²) >= 11 is 0. The van der Waals surface area contributed by atoms with Crippen LogP contribution < -0.4 is 20.5 Å². The predicted octanol–water partition coefficient (Wildman–Crippen LogP) is 3.68. The summed E-state index contributed by atoms with van der Waals surface area (Å²) in [5.74, 6) is 1.22. The Hall–Kier alpha value is -4.25. The fraction of sp³-hybridized carbons (Fsp3) is 0.531. The number of ether oxygens (including phenoxy) is 3. The monoisotopic (exact) mass is 617 g/mol. The molecule has 3 aromatic rings. The van der Waals surface area contributed by atoms with Crippen molar-refractivity contribution in [3.63, 3.8) is 0 Å². The molecule has 0 unspecified atom stereocenters. The van der Waals surface area contributed by atoms with Crippen molar-refractivity contribution in [1.29, 1.82) is 5.26 Å². The van der Waals surface area contributed by atoms with E-state index in [1.54, 1.807) is 38.4 Å². The van der Waals surface area contributed by atoms with Gasteiger partial charge in [-0.1, -0.05) is 6.07 Å². The summed E-state index contributed by atoms with van der Waals surface area (Å²) in [6, 6.07) is 8.35. The van der Waals surface area contributed by atoms with E-state index in [1.807, 2.05) is 23.9 Å². The first-order valence-corrected chi connectivity index (χ1v) is 15.5. The molecule has 1 aliphatic carbocycles. The Bertz CT molecular complexity index is 1470. The van der Waals surface area contributed by atoms with Crippen LogP contribution in [0.1, 0.15) is 58.1 Å². The molecule has 0 radical (unpaired) electrons. The molecule has 1 aromatic carbocycles. The zero-order chi connectivity index (χ0) is 31.8. The van der Waals surface area contributed by atoms with Crippen molar-refractivity contribution < 1.29 is 19.3 Å². The molecular formula is C32H43N9O4. The number of morpholine rings is 1. The number of hydrogen-bond acceptors (Lipinski definition) is 11. The first-order chi connectivity index (χ1) is 21.7. The number of benzene rings is 1. The zero-order valence-corrected chi connectivity index (χ0v) is 26.2. The quantitative estimate of drug-likeness (QED) is 0.200. The molecule has 1 atom stereocenters. The lowest BCUT2D eigenvalue weighted by Gasteiger charge is -2.38. The van der Waals surface area contributed by atoms with Gasteiger partial charge in [0.25, 0.3) is 5.88 Å². The first-order valence-electron chi connectivity index (χ1n) is 15.5. The van der Waals surface area contributed by atoms with E-state index in [2.05, 4.69) is 31.2 Å². The lowest BCUT2D eigenvalue weighted by molar-refractivity contribution is 0.00492. The van der Waals surface area contributed by atoms with E-state index < -0.39 is 5.60 Å². The van der Waals surface area contributed by atoms with Crippen LogP contribution in [0.15, 0.2) is 41.8 Å². The lowest BCUT2D eigenvalue weighted by atomic mass is 9.90. The average molecular weight is 618 g/mol. The van der Waals surface area contributed by atoms with Gasteiger partial charge in [0.05, 0.1) is 49.5 Å². The van der Waals surface area contributed by atoms with Crippen molar-refractivity contribution in [2.24, 2.45) is 10.7 Å². The topological polar surface area (TPSA) is 169 Å². The predicted molar refractivity (Wildman–Crippen MR) is 171 cm³/mol. The Morgan fingerprint density at radius 1 is 1.18 bits per heavy atom. The summed E-state index contributed by atoms with van der Waals surface area (Å²) in [4.78, 5) is 15.6. The maximum Gasteiger partial charge on any atom is 0.257 e. The molecule has 0 spiro atoms. The zero-order valence-electron chi connectivity index (χ0n) is 26.2. The first kappa shape index (κ1) is 32.2. The lowest BCUT2D eigenvalue weighted by Crippen LogP contribution is -2.45. The number of nitrogens with one attached hydrogen (secondary N) is 1. The molecule has 13 nitrogen and oxygen atoms in total. The molecule has 2 fully saturated rings. The number of aliphatic hydroxyl groups is 1. The van der Waals surface area contributed by atoms with Crippen molar-refractivity contribution in [2.75, 3.05) is 44.8 Å². The van der Waals surface area contributed by atoms with E-state index in [0.717, 1.165) is 63.1 Å². The number of nitriles is 1. The Kier molecular flexibility index (Phi) is 10.5. The Labute approximate surface area is 264 Å². The van der Waals surface area contributed by atoms with E-state index in [1.165, 1.54) is 6.34 Å². The molecule has 2 aliphatic rings. The molecule has 1 saturated heterocycles. The number of anilines is 2. The van der Waals surface area contributed by atoms with E-state index >= 15 is 0 Å². The average Bonchev–Trinajstić information content (AvgIpc) is 3.45. The van der Waals surface area contributed by atoms with Crippen LogP contribution in [0.2, 0.25) is 0 Å². The molecule has 1 saturated carbocycles. The van der Waals surface area contributed by atoms with Crippen LogP contribution >= 0.6 is 0 Å². The van der Waals surface area contributed by atoms with Gasteiger partial charge in [0.2, 0.25) is 5.95 Å². The fourth-order valence-electron chi connectivity index (χ4n) is 5.65. The van der Waals surface area contributed by atoms with Crippen molar-refractivity contribution in [3.05, 3.63) is 42.4 Å². The summed E-state index contributed by atoms with van der Waals surface area (Å²) in [6.45, 7) is 9.35. The third-order valence-corrected chi connectivity index (χ3v) is 7.99. The van der Waals surface area contributed by atoms with Crippen LogP contribution in [-0.2, 0) is 4.74 Å². The number of nitrogens with zero attached hydrogens (tertiary/aromatic N) is 7. The Morgan fingerprint density at radius 3 is 2.56 bits per heavy atom. The van der Waals surface area contributed by atoms with Crippen LogP contribution in [0, 0.1) is 11.3 Å². The molecule has 45 heavy (non-hydrogen) atoms. The molecular weight excluding hydrogens is 574 g/mol. The van der Waals surface area contributed by atoms with Crippen LogP contribution in [0.25, 0.3) is 11.1 Å². The number of rotatable bonds is 12. The van der Waals surface area contributed by atoms with Gasteiger partial charge in [0.15, 0.2) is 0 Å². The third-order valence-electron chi connectivity index (χ3n) is 7.99. The van der Waals surface area contributed by atoms with Crippen LogP contribution in [0.3, 0.4) is 0 Å². The summed E-state index contributed by atoms with van der Waals surface area (Å²) in [5, 5.41) is 27.9. The minimum absolute atomic E-state index is 0.0859. The highest BCUT2D eigenvalue weighted by molar-refractivity contribution is 5.67. The minimum atomic E-state index is -1.02. The van der Waals surface area contributed by atoms with Crippen molar-refractivity contribution in [3.8, 4) is 28.8 Å². The standard InChI is InChI=1S/C32H43N9O4/c1-22(16-35-21-34)45-29-14-23(4-5-24(29)15-33)25-17-36-31(37-18-25)38-28-19-41(39-30(28)44-20-32(2,3)42)27-8-6-26(7-9-27)40-10-12-43-13-11-40/h4-5,14,17-19,21-22,26-27,42H,6-13,16,20H2,1-3H3,(H2,34,35)(H,36,37,38)/t22-,26?,27?/m0/s1. The van der Waals surface area contributed by atoms with Gasteiger partial charge < -0.3 is 30.4 Å². The highest BCUT2D eigenvalue weighted by Gasteiger charge is 2.29. The maximum atomic E-state index is 10.3. The van der Waals surface area contributed by atoms with Crippen LogP contribution in [0.4, 0.5) is 11.6 Å². The maximum absolute atomic E-state index is 10.3. The second kappa shape index (κ2) is 14.7. The van der Waals surface area contributed by atoms with Crippen molar-refractivity contribution >= 4 is 18.0 Å². The molecule has 240 valence electrons. The van der Waals surface area contributed by atoms with E-state index in [-0.39, 0.29) is 18.8 Å². The van der Waals surface area contributed by atoms with Gasteiger partial charge in [-0.15, -0.1) is 5.10 Å². The largest absolute Gasteiger partial charge is 0.487 e. The molecule has 13 heteroatoms. The van der Waals surface area contributed by atoms with Crippen LogP contribution in [-0.4, -0.2) is 93.3 Å².